The van der Waals surface area contributed by atoms with E-state index in [-0.39, 0.29) is 42.0 Å². The van der Waals surface area contributed by atoms with Crippen molar-refractivity contribution in [1.29, 1.82) is 0 Å². The SMILES string of the molecule is C=C1C(=O)O[C@@H]2C[C@H](C)[C@H]([C@@H](O)CC(C)=O)CC[C@H]12. The van der Waals surface area contributed by atoms with Crippen LogP contribution in [-0.2, 0) is 14.3 Å². The lowest BCUT2D eigenvalue weighted by Crippen LogP contribution is -2.28. The zero-order valence-electron chi connectivity index (χ0n) is 11.6. The number of carbonyl (C=O) groups is 2. The number of ketones is 1. The first-order valence-corrected chi connectivity index (χ1v) is 6.97. The highest BCUT2D eigenvalue weighted by atomic mass is 16.6. The zero-order chi connectivity index (χ0) is 14.2. The summed E-state index contributed by atoms with van der Waals surface area (Å²) in [5.74, 6) is 0.165. The smallest absolute Gasteiger partial charge is 0.334 e. The molecule has 2 rings (SSSR count). The number of Topliss-reactive ketones (excluding diaryl/α,β-unsaturated/α-hetero) is 1. The lowest BCUT2D eigenvalue weighted by atomic mass is 9.83. The number of ether oxygens (including phenoxy) is 1. The molecule has 106 valence electrons. The Morgan fingerprint density at radius 3 is 2.84 bits per heavy atom. The molecule has 1 saturated carbocycles. The average Bonchev–Trinajstić information content (AvgIpc) is 2.47. The van der Waals surface area contributed by atoms with Crippen molar-refractivity contribution in [3.8, 4) is 0 Å². The van der Waals surface area contributed by atoms with Gasteiger partial charge >= 0.3 is 5.97 Å². The fourth-order valence-electron chi connectivity index (χ4n) is 3.46. The van der Waals surface area contributed by atoms with Gasteiger partial charge in [-0.25, -0.2) is 4.79 Å². The minimum absolute atomic E-state index is 0.0139. The summed E-state index contributed by atoms with van der Waals surface area (Å²) in [4.78, 5) is 22.6. The number of fused-ring (bicyclic) bond motifs is 1. The Bertz CT molecular complexity index is 401. The first kappa shape index (κ1) is 14.3. The number of esters is 1. The number of rotatable bonds is 3. The average molecular weight is 266 g/mol. The quantitative estimate of drug-likeness (QED) is 0.625. The maximum atomic E-state index is 11.5. The molecule has 0 spiro atoms. The molecule has 19 heavy (non-hydrogen) atoms. The second kappa shape index (κ2) is 5.45. The van der Waals surface area contributed by atoms with E-state index < -0.39 is 6.10 Å². The molecular formula is C15H22O4. The van der Waals surface area contributed by atoms with Gasteiger partial charge in [-0.15, -0.1) is 0 Å². The third kappa shape index (κ3) is 2.89. The van der Waals surface area contributed by atoms with Gasteiger partial charge in [0.15, 0.2) is 0 Å². The van der Waals surface area contributed by atoms with Gasteiger partial charge in [0.1, 0.15) is 11.9 Å². The van der Waals surface area contributed by atoms with E-state index in [1.165, 1.54) is 6.92 Å². The van der Waals surface area contributed by atoms with Gasteiger partial charge < -0.3 is 9.84 Å². The summed E-state index contributed by atoms with van der Waals surface area (Å²) in [5, 5.41) is 10.2. The molecule has 4 heteroatoms. The Labute approximate surface area is 113 Å². The predicted octanol–water partition coefficient (Wildman–Crippen LogP) is 1.86. The van der Waals surface area contributed by atoms with Crippen LogP contribution in [0.15, 0.2) is 12.2 Å². The second-order valence-corrected chi connectivity index (χ2v) is 6.00. The lowest BCUT2D eigenvalue weighted by molar-refractivity contribution is -0.139. The van der Waals surface area contributed by atoms with Crippen molar-refractivity contribution in [1.82, 2.24) is 0 Å². The van der Waals surface area contributed by atoms with Crippen LogP contribution in [-0.4, -0.2) is 29.1 Å². The topological polar surface area (TPSA) is 63.6 Å². The molecule has 1 aliphatic heterocycles. The molecule has 1 heterocycles. The van der Waals surface area contributed by atoms with Crippen LogP contribution >= 0.6 is 0 Å². The van der Waals surface area contributed by atoms with Crippen molar-refractivity contribution in [2.45, 2.75) is 51.7 Å². The molecule has 0 bridgehead atoms. The van der Waals surface area contributed by atoms with Gasteiger partial charge in [0.25, 0.3) is 0 Å². The first-order valence-electron chi connectivity index (χ1n) is 6.97. The van der Waals surface area contributed by atoms with Crippen molar-refractivity contribution in [2.24, 2.45) is 17.8 Å². The van der Waals surface area contributed by atoms with Crippen LogP contribution in [0.3, 0.4) is 0 Å². The Kier molecular flexibility index (Phi) is 4.09. The highest BCUT2D eigenvalue weighted by Crippen LogP contribution is 2.42. The van der Waals surface area contributed by atoms with Crippen LogP contribution in [0, 0.1) is 17.8 Å². The molecule has 1 N–H and O–H groups in total. The van der Waals surface area contributed by atoms with Gasteiger partial charge in [-0.3, -0.25) is 4.79 Å². The fourth-order valence-corrected chi connectivity index (χ4v) is 3.46. The predicted molar refractivity (Wildman–Crippen MR) is 70.3 cm³/mol. The van der Waals surface area contributed by atoms with E-state index in [4.69, 9.17) is 4.74 Å². The van der Waals surface area contributed by atoms with E-state index in [9.17, 15) is 14.7 Å². The molecule has 0 aromatic heterocycles. The van der Waals surface area contributed by atoms with Crippen LogP contribution in [0.4, 0.5) is 0 Å². The van der Waals surface area contributed by atoms with E-state index >= 15 is 0 Å². The van der Waals surface area contributed by atoms with Gasteiger partial charge in [-0.2, -0.15) is 0 Å². The van der Waals surface area contributed by atoms with Crippen molar-refractivity contribution in [3.05, 3.63) is 12.2 Å². The Morgan fingerprint density at radius 2 is 2.21 bits per heavy atom. The van der Waals surface area contributed by atoms with Crippen LogP contribution in [0.25, 0.3) is 0 Å². The summed E-state index contributed by atoms with van der Waals surface area (Å²) in [6.45, 7) is 7.38. The van der Waals surface area contributed by atoms with Crippen LogP contribution < -0.4 is 0 Å². The molecule has 1 aliphatic carbocycles. The van der Waals surface area contributed by atoms with Gasteiger partial charge in [-0.05, 0) is 38.0 Å². The van der Waals surface area contributed by atoms with E-state index in [1.807, 2.05) is 0 Å². The molecule has 0 aromatic rings. The number of aliphatic hydroxyl groups is 1. The third-order valence-electron chi connectivity index (χ3n) is 4.55. The molecule has 0 aromatic carbocycles. The molecule has 0 amide bonds. The molecule has 4 nitrogen and oxygen atoms in total. The third-order valence-corrected chi connectivity index (χ3v) is 4.55. The normalized spacial score (nSPS) is 36.4. The monoisotopic (exact) mass is 266 g/mol. The molecule has 1 saturated heterocycles. The summed E-state index contributed by atoms with van der Waals surface area (Å²) < 4.78 is 5.35. The van der Waals surface area contributed by atoms with Crippen LogP contribution in [0.1, 0.15) is 39.5 Å². The first-order chi connectivity index (χ1) is 8.90. The fraction of sp³-hybridized carbons (Fsp3) is 0.733. The molecule has 5 atom stereocenters. The molecule has 0 unspecified atom stereocenters. The second-order valence-electron chi connectivity index (χ2n) is 6.00. The Balaban J connectivity index is 2.06. The van der Waals surface area contributed by atoms with E-state index in [0.29, 0.717) is 5.57 Å². The number of hydrogen-bond acceptors (Lipinski definition) is 4. The lowest BCUT2D eigenvalue weighted by Gasteiger charge is -2.26. The Hall–Kier alpha value is -1.16. The molecule has 0 radical (unpaired) electrons. The summed E-state index contributed by atoms with van der Waals surface area (Å²) in [7, 11) is 0. The van der Waals surface area contributed by atoms with Gasteiger partial charge in [0.05, 0.1) is 6.10 Å². The van der Waals surface area contributed by atoms with E-state index in [1.54, 1.807) is 0 Å². The maximum Gasteiger partial charge on any atom is 0.334 e. The minimum Gasteiger partial charge on any atom is -0.458 e. The van der Waals surface area contributed by atoms with Crippen LogP contribution in [0.2, 0.25) is 0 Å². The summed E-state index contributed by atoms with van der Waals surface area (Å²) in [6.07, 6.45) is 1.89. The van der Waals surface area contributed by atoms with Gasteiger partial charge in [0, 0.05) is 17.9 Å². The number of hydrogen-bond donors (Lipinski definition) is 1. The van der Waals surface area contributed by atoms with Crippen molar-refractivity contribution < 1.29 is 19.4 Å². The maximum absolute atomic E-state index is 11.5. The van der Waals surface area contributed by atoms with Crippen LogP contribution in [0.5, 0.6) is 0 Å². The van der Waals surface area contributed by atoms with Gasteiger partial charge in [0.2, 0.25) is 0 Å². The molecule has 2 aliphatic rings. The number of carbonyl (C=O) groups excluding carboxylic acids is 2. The number of aliphatic hydroxyl groups excluding tert-OH is 1. The molecular weight excluding hydrogens is 244 g/mol. The Morgan fingerprint density at radius 1 is 1.53 bits per heavy atom. The standard InChI is InChI=1S/C15H22O4/c1-8-6-14-12(10(3)15(18)19-14)5-4-11(8)13(17)7-9(2)16/h8,11-14,17H,3-7H2,1-2H3/t8-,11+,12+,13-,14+/m0/s1. The summed E-state index contributed by atoms with van der Waals surface area (Å²) in [5.41, 5.74) is 0.568. The van der Waals surface area contributed by atoms with E-state index in [0.717, 1.165) is 19.3 Å². The van der Waals surface area contributed by atoms with Crippen molar-refractivity contribution in [3.63, 3.8) is 0 Å². The highest BCUT2D eigenvalue weighted by molar-refractivity contribution is 5.90. The highest BCUT2D eigenvalue weighted by Gasteiger charge is 2.43. The zero-order valence-corrected chi connectivity index (χ0v) is 11.6. The van der Waals surface area contributed by atoms with E-state index in [2.05, 4.69) is 13.5 Å². The summed E-state index contributed by atoms with van der Waals surface area (Å²) in [6, 6.07) is 0. The summed E-state index contributed by atoms with van der Waals surface area (Å²) >= 11 is 0. The minimum atomic E-state index is -0.588. The van der Waals surface area contributed by atoms with Crippen molar-refractivity contribution in [2.75, 3.05) is 0 Å². The largest absolute Gasteiger partial charge is 0.458 e. The molecule has 2 fully saturated rings. The van der Waals surface area contributed by atoms with Crippen molar-refractivity contribution >= 4 is 11.8 Å². The van der Waals surface area contributed by atoms with Gasteiger partial charge in [-0.1, -0.05) is 13.5 Å².